The van der Waals surface area contributed by atoms with Crippen molar-refractivity contribution in [3.05, 3.63) is 11.8 Å². The van der Waals surface area contributed by atoms with Gasteiger partial charge in [-0.1, -0.05) is 34.8 Å². The van der Waals surface area contributed by atoms with E-state index in [1.807, 2.05) is 0 Å². The number of halogens is 3. The van der Waals surface area contributed by atoms with Crippen LogP contribution >= 0.6 is 34.8 Å². The third-order valence-corrected chi connectivity index (χ3v) is 1.55. The summed E-state index contributed by atoms with van der Waals surface area (Å²) in [4.78, 5) is 10.7. The molecule has 0 bridgehead atoms. The molecule has 0 saturated heterocycles. The first-order valence-corrected chi connectivity index (χ1v) is 5.00. The Morgan fingerprint density at radius 3 is 2.29 bits per heavy atom. The summed E-state index contributed by atoms with van der Waals surface area (Å²) in [6, 6.07) is 0. The molecule has 6 heteroatoms. The van der Waals surface area contributed by atoms with E-state index in [-0.39, 0.29) is 18.1 Å². The highest BCUT2D eigenvalue weighted by molar-refractivity contribution is 6.67. The first-order valence-electron chi connectivity index (χ1n) is 3.87. The van der Waals surface area contributed by atoms with Gasteiger partial charge in [-0.2, -0.15) is 0 Å². The van der Waals surface area contributed by atoms with Crippen molar-refractivity contribution in [2.75, 3.05) is 0 Å². The first-order chi connectivity index (χ1) is 6.22. The molecular weight excluding hydrogens is 250 g/mol. The van der Waals surface area contributed by atoms with Crippen LogP contribution in [0.3, 0.4) is 0 Å². The first kappa shape index (κ1) is 13.9. The molecule has 0 aromatic heterocycles. The zero-order valence-electron chi connectivity index (χ0n) is 7.76. The summed E-state index contributed by atoms with van der Waals surface area (Å²) in [5, 5.41) is 8.73. The van der Waals surface area contributed by atoms with Gasteiger partial charge in [-0.25, -0.2) is 4.79 Å². The summed E-state index contributed by atoms with van der Waals surface area (Å²) in [6.07, 6.45) is 0.800. The molecule has 0 saturated carbocycles. The Kier molecular flexibility index (Phi) is 5.64. The maximum atomic E-state index is 10.7. The maximum absolute atomic E-state index is 10.7. The summed E-state index contributed by atoms with van der Waals surface area (Å²) in [6.45, 7) is 3.54. The zero-order chi connectivity index (χ0) is 11.4. The number of carbonyl (C=O) groups is 1. The molecule has 0 aromatic carbocycles. The summed E-state index contributed by atoms with van der Waals surface area (Å²) in [7, 11) is 0. The molecule has 0 heterocycles. The van der Waals surface area contributed by atoms with E-state index in [0.717, 1.165) is 6.26 Å². The molecule has 0 rings (SSSR count). The van der Waals surface area contributed by atoms with Crippen molar-refractivity contribution in [3.8, 4) is 0 Å². The van der Waals surface area contributed by atoms with E-state index in [4.69, 9.17) is 44.6 Å². The number of rotatable bonds is 4. The molecule has 14 heavy (non-hydrogen) atoms. The van der Waals surface area contributed by atoms with Gasteiger partial charge in [0.05, 0.1) is 17.9 Å². The highest BCUT2D eigenvalue weighted by atomic mass is 35.6. The van der Waals surface area contributed by atoms with Gasteiger partial charge in [-0.05, 0) is 13.8 Å². The van der Waals surface area contributed by atoms with Crippen LogP contribution in [0.4, 0.5) is 0 Å². The smallest absolute Gasteiger partial charge is 0.334 e. The average molecular weight is 262 g/mol. The van der Waals surface area contributed by atoms with E-state index in [1.54, 1.807) is 13.8 Å². The van der Waals surface area contributed by atoms with Crippen molar-refractivity contribution in [2.24, 2.45) is 0 Å². The van der Waals surface area contributed by atoms with Crippen molar-refractivity contribution in [1.82, 2.24) is 0 Å². The molecule has 0 unspecified atom stereocenters. The lowest BCUT2D eigenvalue weighted by molar-refractivity contribution is -0.133. The quantitative estimate of drug-likeness (QED) is 0.480. The Hall–Kier alpha value is -0.120. The van der Waals surface area contributed by atoms with E-state index in [2.05, 4.69) is 0 Å². The van der Waals surface area contributed by atoms with Gasteiger partial charge in [0.25, 0.3) is 0 Å². The van der Waals surface area contributed by atoms with Crippen molar-refractivity contribution < 1.29 is 14.6 Å². The predicted octanol–water partition coefficient (Wildman–Crippen LogP) is 3.14. The van der Waals surface area contributed by atoms with E-state index in [0.29, 0.717) is 0 Å². The number of ether oxygens (including phenoxy) is 1. The average Bonchev–Trinajstić information content (AvgIpc) is 1.94. The van der Waals surface area contributed by atoms with Crippen LogP contribution in [0.25, 0.3) is 0 Å². The van der Waals surface area contributed by atoms with Crippen LogP contribution in [0.2, 0.25) is 0 Å². The number of carboxylic acids is 1. The Morgan fingerprint density at radius 2 is 2.00 bits per heavy atom. The Bertz CT molecular complexity index is 230. The lowest BCUT2D eigenvalue weighted by atomic mass is 10.2. The third kappa shape index (κ3) is 7.30. The maximum Gasteiger partial charge on any atom is 0.334 e. The molecule has 0 atom stereocenters. The lowest BCUT2D eigenvalue weighted by Crippen LogP contribution is -2.11. The second kappa shape index (κ2) is 5.69. The monoisotopic (exact) mass is 260 g/mol. The van der Waals surface area contributed by atoms with Crippen LogP contribution in [0.5, 0.6) is 0 Å². The fourth-order valence-electron chi connectivity index (χ4n) is 0.602. The molecule has 0 aliphatic rings. The van der Waals surface area contributed by atoms with Gasteiger partial charge in [-0.3, -0.25) is 0 Å². The molecule has 82 valence electrons. The van der Waals surface area contributed by atoms with Gasteiger partial charge in [0.2, 0.25) is 0 Å². The molecule has 0 amide bonds. The highest BCUT2D eigenvalue weighted by Crippen LogP contribution is 2.33. The summed E-state index contributed by atoms with van der Waals surface area (Å²) in [5.74, 6) is -1.16. The van der Waals surface area contributed by atoms with Gasteiger partial charge in [0.15, 0.2) is 3.79 Å². The highest BCUT2D eigenvalue weighted by Gasteiger charge is 2.25. The molecule has 0 aliphatic heterocycles. The van der Waals surface area contributed by atoms with Crippen LogP contribution in [0, 0.1) is 0 Å². The van der Waals surface area contributed by atoms with Crippen LogP contribution < -0.4 is 0 Å². The molecule has 0 radical (unpaired) electrons. The summed E-state index contributed by atoms with van der Waals surface area (Å²) >= 11 is 16.4. The largest absolute Gasteiger partial charge is 0.498 e. The zero-order valence-corrected chi connectivity index (χ0v) is 10.0. The minimum atomic E-state index is -1.62. The predicted molar refractivity (Wildman–Crippen MR) is 56.8 cm³/mol. The Balaban J connectivity index is 4.45. The van der Waals surface area contributed by atoms with Gasteiger partial charge in [0, 0.05) is 6.42 Å². The molecule has 0 aromatic rings. The van der Waals surface area contributed by atoms with Crippen molar-refractivity contribution in [3.63, 3.8) is 0 Å². The van der Waals surface area contributed by atoms with Crippen LogP contribution in [0.1, 0.15) is 20.3 Å². The van der Waals surface area contributed by atoms with Crippen LogP contribution in [-0.2, 0) is 9.53 Å². The Morgan fingerprint density at radius 1 is 1.50 bits per heavy atom. The van der Waals surface area contributed by atoms with Crippen molar-refractivity contribution in [2.45, 2.75) is 30.2 Å². The fraction of sp³-hybridized carbons (Fsp3) is 0.625. The van der Waals surface area contributed by atoms with Crippen molar-refractivity contribution in [1.29, 1.82) is 0 Å². The third-order valence-electron chi connectivity index (χ3n) is 1.15. The minimum absolute atomic E-state index is 0.0706. The molecule has 3 nitrogen and oxygen atoms in total. The Labute approximate surface area is 97.6 Å². The number of hydrogen-bond acceptors (Lipinski definition) is 2. The number of hydrogen-bond donors (Lipinski definition) is 1. The van der Waals surface area contributed by atoms with Gasteiger partial charge in [-0.15, -0.1) is 0 Å². The fourth-order valence-corrected chi connectivity index (χ4v) is 1.03. The molecule has 1 N–H and O–H groups in total. The SMILES string of the molecule is CC(C)O/C=C(\CC(Cl)(Cl)Cl)C(=O)O. The summed E-state index contributed by atoms with van der Waals surface area (Å²) in [5.41, 5.74) is -0.0706. The minimum Gasteiger partial charge on any atom is -0.498 e. The van der Waals surface area contributed by atoms with Crippen LogP contribution in [-0.4, -0.2) is 21.0 Å². The molecule has 0 spiro atoms. The topological polar surface area (TPSA) is 46.5 Å². The second-order valence-electron chi connectivity index (χ2n) is 2.93. The van der Waals surface area contributed by atoms with E-state index < -0.39 is 9.76 Å². The standard InChI is InChI=1S/C8H11Cl3O3/c1-5(2)14-4-6(7(12)13)3-8(9,10)11/h4-5H,3H2,1-2H3,(H,12,13)/b6-4+. The van der Waals surface area contributed by atoms with E-state index in [9.17, 15) is 4.79 Å². The number of carboxylic acid groups (broad SMARTS) is 1. The van der Waals surface area contributed by atoms with E-state index in [1.165, 1.54) is 0 Å². The molecule has 0 fully saturated rings. The number of alkyl halides is 3. The number of aliphatic carboxylic acids is 1. The van der Waals surface area contributed by atoms with Crippen molar-refractivity contribution >= 4 is 40.8 Å². The van der Waals surface area contributed by atoms with Crippen LogP contribution in [0.15, 0.2) is 11.8 Å². The second-order valence-corrected chi connectivity index (χ2v) is 5.44. The molecular formula is C8H11Cl3O3. The molecule has 0 aliphatic carbocycles. The normalized spacial score (nSPS) is 13.1. The lowest BCUT2D eigenvalue weighted by Gasteiger charge is -2.12. The summed E-state index contributed by atoms with van der Waals surface area (Å²) < 4.78 is 3.37. The van der Waals surface area contributed by atoms with E-state index >= 15 is 0 Å². The van der Waals surface area contributed by atoms with Gasteiger partial charge >= 0.3 is 5.97 Å². The van der Waals surface area contributed by atoms with Gasteiger partial charge in [0.1, 0.15) is 0 Å². The van der Waals surface area contributed by atoms with Gasteiger partial charge < -0.3 is 9.84 Å².